The van der Waals surface area contributed by atoms with Gasteiger partial charge in [0.25, 0.3) is 5.69 Å². The highest BCUT2D eigenvalue weighted by molar-refractivity contribution is 9.10. The second-order valence-electron chi connectivity index (χ2n) is 4.61. The summed E-state index contributed by atoms with van der Waals surface area (Å²) in [5.74, 6) is 1.30. The average molecular weight is 324 g/mol. The quantitative estimate of drug-likeness (QED) is 0.636. The summed E-state index contributed by atoms with van der Waals surface area (Å²) in [6, 6.07) is 5.18. The van der Waals surface area contributed by atoms with Crippen molar-refractivity contribution in [2.75, 3.05) is 0 Å². The number of imidazole rings is 1. The molecule has 0 amide bonds. The van der Waals surface area contributed by atoms with E-state index < -0.39 is 0 Å². The minimum absolute atomic E-state index is 0.0868. The molecule has 0 fully saturated rings. The van der Waals surface area contributed by atoms with Gasteiger partial charge in [-0.3, -0.25) is 10.1 Å². The standard InChI is InChI=1S/C13H14BrN3O2/c1-9(2)13-15-5-6-16(13)8-10-3-4-11(14)12(7-10)17(18)19/h3-7,9H,8H2,1-2H3. The van der Waals surface area contributed by atoms with Gasteiger partial charge in [-0.15, -0.1) is 0 Å². The Hall–Kier alpha value is -1.69. The first kappa shape index (κ1) is 13.7. The third-order valence-corrected chi connectivity index (χ3v) is 3.49. The van der Waals surface area contributed by atoms with Crippen molar-refractivity contribution in [2.24, 2.45) is 0 Å². The number of nitro benzene ring substituents is 1. The molecule has 1 aromatic carbocycles. The number of hydrogen-bond donors (Lipinski definition) is 0. The summed E-state index contributed by atoms with van der Waals surface area (Å²) < 4.78 is 2.51. The second kappa shape index (κ2) is 5.52. The minimum atomic E-state index is -0.384. The lowest BCUT2D eigenvalue weighted by molar-refractivity contribution is -0.385. The van der Waals surface area contributed by atoms with Gasteiger partial charge < -0.3 is 4.57 Å². The van der Waals surface area contributed by atoms with Gasteiger partial charge in [-0.05, 0) is 27.6 Å². The van der Waals surface area contributed by atoms with Crippen molar-refractivity contribution in [3.63, 3.8) is 0 Å². The van der Waals surface area contributed by atoms with Crippen LogP contribution in [0.2, 0.25) is 0 Å². The zero-order valence-electron chi connectivity index (χ0n) is 10.7. The topological polar surface area (TPSA) is 61.0 Å². The highest BCUT2D eigenvalue weighted by atomic mass is 79.9. The van der Waals surface area contributed by atoms with Crippen LogP contribution in [0.1, 0.15) is 31.2 Å². The molecule has 2 aromatic rings. The Balaban J connectivity index is 2.31. The SMILES string of the molecule is CC(C)c1nccn1Cc1ccc(Br)c([N+](=O)[O-])c1. The number of rotatable bonds is 4. The van der Waals surface area contributed by atoms with Crippen LogP contribution in [-0.4, -0.2) is 14.5 Å². The maximum atomic E-state index is 10.9. The summed E-state index contributed by atoms with van der Waals surface area (Å²) in [6.45, 7) is 4.73. The van der Waals surface area contributed by atoms with Gasteiger partial charge in [0.1, 0.15) is 5.82 Å². The first-order valence-corrected chi connectivity index (χ1v) is 6.72. The molecular weight excluding hydrogens is 310 g/mol. The molecule has 1 heterocycles. The van der Waals surface area contributed by atoms with Gasteiger partial charge in [-0.1, -0.05) is 19.9 Å². The van der Waals surface area contributed by atoms with Crippen molar-refractivity contribution in [3.05, 3.63) is 56.6 Å². The van der Waals surface area contributed by atoms with E-state index >= 15 is 0 Å². The van der Waals surface area contributed by atoms with E-state index in [-0.39, 0.29) is 10.6 Å². The number of halogens is 1. The van der Waals surface area contributed by atoms with Crippen LogP contribution in [0.15, 0.2) is 35.1 Å². The Morgan fingerprint density at radius 2 is 2.21 bits per heavy atom. The van der Waals surface area contributed by atoms with Gasteiger partial charge >= 0.3 is 0 Å². The van der Waals surface area contributed by atoms with Gasteiger partial charge in [0.05, 0.1) is 9.40 Å². The molecule has 0 saturated carbocycles. The van der Waals surface area contributed by atoms with Crippen LogP contribution in [0.4, 0.5) is 5.69 Å². The molecule has 1 aromatic heterocycles. The zero-order valence-corrected chi connectivity index (χ0v) is 12.3. The first-order valence-electron chi connectivity index (χ1n) is 5.93. The van der Waals surface area contributed by atoms with E-state index in [4.69, 9.17) is 0 Å². The van der Waals surface area contributed by atoms with E-state index in [1.165, 1.54) is 0 Å². The molecule has 0 saturated heterocycles. The lowest BCUT2D eigenvalue weighted by Gasteiger charge is -2.10. The average Bonchev–Trinajstić information content (AvgIpc) is 2.79. The number of benzene rings is 1. The Morgan fingerprint density at radius 3 is 2.84 bits per heavy atom. The van der Waals surface area contributed by atoms with E-state index in [2.05, 4.69) is 34.8 Å². The van der Waals surface area contributed by atoms with Crippen molar-refractivity contribution in [3.8, 4) is 0 Å². The van der Waals surface area contributed by atoms with Crippen LogP contribution in [0, 0.1) is 10.1 Å². The van der Waals surface area contributed by atoms with Gasteiger partial charge in [0, 0.05) is 30.9 Å². The maximum absolute atomic E-state index is 10.9. The summed E-state index contributed by atoms with van der Waals surface area (Å²) in [5.41, 5.74) is 0.971. The second-order valence-corrected chi connectivity index (χ2v) is 5.47. The van der Waals surface area contributed by atoms with Crippen molar-refractivity contribution >= 4 is 21.6 Å². The van der Waals surface area contributed by atoms with Gasteiger partial charge in [-0.25, -0.2) is 4.98 Å². The molecule has 0 radical (unpaired) electrons. The third-order valence-electron chi connectivity index (χ3n) is 2.82. The molecule has 0 aliphatic carbocycles. The fourth-order valence-electron chi connectivity index (χ4n) is 1.95. The molecule has 0 N–H and O–H groups in total. The number of nitrogens with zero attached hydrogens (tertiary/aromatic N) is 3. The summed E-state index contributed by atoms with van der Waals surface area (Å²) in [6.07, 6.45) is 3.64. The van der Waals surface area contributed by atoms with Crippen molar-refractivity contribution in [1.82, 2.24) is 9.55 Å². The van der Waals surface area contributed by atoms with E-state index in [9.17, 15) is 10.1 Å². The molecule has 5 nitrogen and oxygen atoms in total. The summed E-state index contributed by atoms with van der Waals surface area (Å²) in [5, 5.41) is 10.9. The summed E-state index contributed by atoms with van der Waals surface area (Å²) in [7, 11) is 0. The highest BCUT2D eigenvalue weighted by Gasteiger charge is 2.13. The molecular formula is C13H14BrN3O2. The van der Waals surface area contributed by atoms with Crippen LogP contribution in [0.3, 0.4) is 0 Å². The van der Waals surface area contributed by atoms with Crippen LogP contribution in [-0.2, 0) is 6.54 Å². The molecule has 2 rings (SSSR count). The van der Waals surface area contributed by atoms with Crippen LogP contribution in [0.25, 0.3) is 0 Å². The predicted octanol–water partition coefficient (Wildman–Crippen LogP) is 3.73. The Kier molecular flexibility index (Phi) is 3.99. The van der Waals surface area contributed by atoms with E-state index in [1.807, 2.05) is 16.8 Å². The molecule has 100 valence electrons. The number of aromatic nitrogens is 2. The van der Waals surface area contributed by atoms with Crippen molar-refractivity contribution in [1.29, 1.82) is 0 Å². The Labute approximate surface area is 119 Å². The van der Waals surface area contributed by atoms with Gasteiger partial charge in [0.2, 0.25) is 0 Å². The summed E-state index contributed by atoms with van der Waals surface area (Å²) >= 11 is 3.19. The smallest absolute Gasteiger partial charge is 0.283 e. The summed E-state index contributed by atoms with van der Waals surface area (Å²) in [4.78, 5) is 14.8. The highest BCUT2D eigenvalue weighted by Crippen LogP contribution is 2.26. The molecule has 0 atom stereocenters. The first-order chi connectivity index (χ1) is 8.99. The zero-order chi connectivity index (χ0) is 14.0. The largest absolute Gasteiger partial charge is 0.330 e. The molecule has 0 aliphatic heterocycles. The molecule has 0 spiro atoms. The van der Waals surface area contributed by atoms with Crippen LogP contribution >= 0.6 is 15.9 Å². The molecule has 0 aliphatic rings. The van der Waals surface area contributed by atoms with Crippen molar-refractivity contribution in [2.45, 2.75) is 26.3 Å². The monoisotopic (exact) mass is 323 g/mol. The minimum Gasteiger partial charge on any atom is -0.330 e. The van der Waals surface area contributed by atoms with Crippen LogP contribution in [0.5, 0.6) is 0 Å². The number of nitro groups is 1. The maximum Gasteiger partial charge on any atom is 0.283 e. The number of hydrogen-bond acceptors (Lipinski definition) is 3. The fourth-order valence-corrected chi connectivity index (χ4v) is 2.34. The van der Waals surface area contributed by atoms with Crippen molar-refractivity contribution < 1.29 is 4.92 Å². The molecule has 6 heteroatoms. The van der Waals surface area contributed by atoms with E-state index in [0.717, 1.165) is 11.4 Å². The lowest BCUT2D eigenvalue weighted by atomic mass is 10.1. The third kappa shape index (κ3) is 3.01. The Bertz CT molecular complexity index is 608. The molecule has 0 bridgehead atoms. The fraction of sp³-hybridized carbons (Fsp3) is 0.308. The van der Waals surface area contributed by atoms with Gasteiger partial charge in [0.15, 0.2) is 0 Å². The van der Waals surface area contributed by atoms with Gasteiger partial charge in [-0.2, -0.15) is 0 Å². The van der Waals surface area contributed by atoms with E-state index in [1.54, 1.807) is 18.3 Å². The molecule has 0 unspecified atom stereocenters. The normalized spacial score (nSPS) is 10.9. The lowest BCUT2D eigenvalue weighted by Crippen LogP contribution is -2.06. The van der Waals surface area contributed by atoms with Crippen LogP contribution < -0.4 is 0 Å². The Morgan fingerprint density at radius 1 is 1.47 bits per heavy atom. The predicted molar refractivity (Wildman–Crippen MR) is 76.2 cm³/mol. The molecule has 19 heavy (non-hydrogen) atoms. The van der Waals surface area contributed by atoms with E-state index in [0.29, 0.717) is 16.9 Å².